The molecule has 12 rings (SSSR count). The van der Waals surface area contributed by atoms with Crippen LogP contribution in [0.4, 0.5) is 23.0 Å². The van der Waals surface area contributed by atoms with Crippen molar-refractivity contribution >= 4 is 136 Å². The molecule has 4 amide bonds. The number of pyridine rings is 2. The molecule has 142 heavy (non-hydrogen) atoms. The number of amides is 4. The minimum atomic E-state index is -5.09. The van der Waals surface area contributed by atoms with Crippen LogP contribution in [0.2, 0.25) is 0 Å². The lowest BCUT2D eigenvalue weighted by Gasteiger charge is -2.27. The van der Waals surface area contributed by atoms with Gasteiger partial charge in [-0.2, -0.15) is 38.2 Å². The Labute approximate surface area is 830 Å². The largest absolute Gasteiger partial charge is 0.481 e. The first-order valence-corrected chi connectivity index (χ1v) is 55.9. The molecule has 766 valence electrons. The van der Waals surface area contributed by atoms with E-state index in [0.29, 0.717) is 101 Å². The average molecular weight is 2050 g/mol. The second kappa shape index (κ2) is 48.3. The zero-order valence-electron chi connectivity index (χ0n) is 81.2. The molecule has 0 unspecified atom stereocenters. The molecule has 4 aromatic heterocycles. The maximum atomic E-state index is 15.1. The van der Waals surface area contributed by atoms with E-state index in [1.165, 1.54) is 25.2 Å². The summed E-state index contributed by atoms with van der Waals surface area (Å²) in [6.07, 6.45) is 28.3. The summed E-state index contributed by atoms with van der Waals surface area (Å²) in [6, 6.07) is 15.9. The van der Waals surface area contributed by atoms with Crippen LogP contribution in [0.15, 0.2) is 142 Å². The molecule has 4 aromatic carbocycles. The maximum Gasteiger partial charge on any atom is 0.303 e. The molecule has 4 aliphatic rings. The van der Waals surface area contributed by atoms with E-state index < -0.39 is 112 Å². The van der Waals surface area contributed by atoms with Gasteiger partial charge in [-0.3, -0.25) is 47.0 Å². The summed E-state index contributed by atoms with van der Waals surface area (Å²) >= 11 is 0. The number of carbonyl (C=O) groups is 6. The number of anilines is 3. The number of nitrogens with zero attached hydrogens (tertiary/aromatic N) is 9. The number of aromatic nitrogens is 6. The third-order valence-corrected chi connectivity index (χ3v) is 32.0. The monoisotopic (exact) mass is 2050 g/mol. The van der Waals surface area contributed by atoms with E-state index >= 15 is 8.42 Å². The summed E-state index contributed by atoms with van der Waals surface area (Å²) in [7, 11) is -22.0. The smallest absolute Gasteiger partial charge is 0.303 e. The van der Waals surface area contributed by atoms with Crippen molar-refractivity contribution in [2.24, 2.45) is 0 Å². The summed E-state index contributed by atoms with van der Waals surface area (Å²) in [6.45, 7) is 12.8. The van der Waals surface area contributed by atoms with E-state index in [1.807, 2.05) is 18.7 Å². The average Bonchev–Trinajstić information content (AvgIpc) is 1.57. The number of hydrogen-bond donors (Lipinski definition) is 12. The normalized spacial score (nSPS) is 15.6. The molecule has 0 saturated carbocycles. The highest BCUT2D eigenvalue weighted by atomic mass is 32.2. The molecule has 4 aliphatic heterocycles. The summed E-state index contributed by atoms with van der Waals surface area (Å²) < 4.78 is 172. The lowest BCUT2D eigenvalue weighted by atomic mass is 9.79. The number of nitrogens with one attached hydrogen (secondary N) is 6. The maximum absolute atomic E-state index is 15.1. The van der Waals surface area contributed by atoms with Crippen molar-refractivity contribution in [2.45, 2.75) is 271 Å². The Hall–Kier alpha value is -11.5. The van der Waals surface area contributed by atoms with Gasteiger partial charge in [0.15, 0.2) is 5.71 Å². The number of hydrogen-bond acceptors (Lipinski definition) is 25. The summed E-state index contributed by atoms with van der Waals surface area (Å²) in [4.78, 5) is 107. The quantitative estimate of drug-likeness (QED) is 0.00729. The minimum Gasteiger partial charge on any atom is -0.481 e. The summed E-state index contributed by atoms with van der Waals surface area (Å²) in [5, 5.41) is 39.0. The molecule has 0 aliphatic carbocycles. The number of carboxylic acid groups (broad SMARTS) is 2. The second-order valence-corrected chi connectivity index (χ2v) is 46.0. The van der Waals surface area contributed by atoms with E-state index in [9.17, 15) is 90.9 Å². The molecule has 42 heteroatoms. The van der Waals surface area contributed by atoms with Crippen LogP contribution in [0.25, 0.3) is 21.5 Å². The summed E-state index contributed by atoms with van der Waals surface area (Å²) in [5.41, 5.74) is 8.10. The van der Waals surface area contributed by atoms with Crippen molar-refractivity contribution in [1.82, 2.24) is 55.5 Å². The van der Waals surface area contributed by atoms with E-state index in [0.717, 1.165) is 157 Å². The Morgan fingerprint density at radius 1 is 0.542 bits per heavy atom. The number of sulfonamides is 1. The van der Waals surface area contributed by atoms with Crippen LogP contribution in [0, 0.1) is 13.8 Å². The van der Waals surface area contributed by atoms with Gasteiger partial charge in [0, 0.05) is 160 Å². The van der Waals surface area contributed by atoms with Gasteiger partial charge in [0.1, 0.15) is 40.8 Å². The van der Waals surface area contributed by atoms with Gasteiger partial charge in [0.05, 0.1) is 39.6 Å². The topological polar surface area (TPSA) is 554 Å². The zero-order chi connectivity index (χ0) is 103. The van der Waals surface area contributed by atoms with E-state index in [4.69, 9.17) is 9.97 Å². The summed E-state index contributed by atoms with van der Waals surface area (Å²) in [5.74, 6) is -2.30. The molecule has 3 atom stereocenters. The molecule has 12 N–H and O–H groups in total. The molecule has 0 fully saturated rings. The van der Waals surface area contributed by atoms with Crippen molar-refractivity contribution in [3.63, 3.8) is 0 Å². The molecule has 0 spiro atoms. The number of aryl methyl sites for hydroxylation is 6. The van der Waals surface area contributed by atoms with Crippen molar-refractivity contribution in [1.29, 1.82) is 0 Å². The van der Waals surface area contributed by atoms with Gasteiger partial charge >= 0.3 is 11.9 Å². The molecule has 37 nitrogen and oxygen atoms in total. The Morgan fingerprint density at radius 3 is 1.65 bits per heavy atom. The van der Waals surface area contributed by atoms with Gasteiger partial charge in [0.25, 0.3) is 40.5 Å². The second-order valence-electron chi connectivity index (χ2n) is 38.0. The van der Waals surface area contributed by atoms with Gasteiger partial charge in [-0.15, -0.1) is 0 Å². The van der Waals surface area contributed by atoms with Crippen LogP contribution in [0.5, 0.6) is 0 Å². The van der Waals surface area contributed by atoms with Crippen molar-refractivity contribution in [2.75, 3.05) is 73.4 Å². The molecule has 8 aromatic rings. The number of carbonyl (C=O) groups excluding carboxylic acids is 4. The number of rotatable bonds is 53. The van der Waals surface area contributed by atoms with Gasteiger partial charge in [-0.05, 0) is 234 Å². The van der Waals surface area contributed by atoms with E-state index in [2.05, 4.69) is 64.0 Å². The fourth-order valence-electron chi connectivity index (χ4n) is 19.5. The zero-order valence-corrected chi connectivity index (χ0v) is 85.3. The minimum absolute atomic E-state index is 0.00621. The first-order chi connectivity index (χ1) is 67.2. The third kappa shape index (κ3) is 29.2. The Morgan fingerprint density at radius 2 is 1.08 bits per heavy atom. The Kier molecular flexibility index (Phi) is 37.2. The third-order valence-electron chi connectivity index (χ3n) is 26.8. The van der Waals surface area contributed by atoms with Crippen LogP contribution < -0.4 is 36.8 Å². The fourth-order valence-corrected chi connectivity index (χ4v) is 23.3. The first kappa shape index (κ1) is 109. The fraction of sp³-hybridized carbons (Fsp3) is 0.490. The predicted molar refractivity (Wildman–Crippen MR) is 539 cm³/mol. The molecule has 0 saturated heterocycles. The van der Waals surface area contributed by atoms with Crippen LogP contribution in [-0.2, 0) is 129 Å². The SMILES string of the molecule is Cc1ncc([C@@H](CCCCCCc2nc3c(cc2CNC(=O)CCC(=O)NCCCC[C@@H](NC(=O)CCCN(C)S(=O)(=O)c2cccc4c5c(ccc24)N(CCCS(=O)(=O)O)\C(=C/C=C\C=C\C2=[N+](CCCS(=O)(=O)O)c4ccc6c(S(=O)(=O)O)cc(S(=O)(=O)O)cc6c4C2(C)C)C5(C)C)C(=O)NCc2cc4c(nc2CCCCCC[C@@H](CC(=O)O)c2cnc(C)nc2)NCCC4)CCCN3)CC(=O)O)cn1. The number of allylic oxidation sites excluding steroid dienone is 6. The number of unbranched alkanes of at least 4 members (excludes halogenated alkanes) is 7. The van der Waals surface area contributed by atoms with Crippen LogP contribution in [0.3, 0.4) is 0 Å². The first-order valence-electron chi connectivity index (χ1n) is 48.3. The highest BCUT2D eigenvalue weighted by molar-refractivity contribution is 7.89. The molecule has 8 heterocycles. The Bertz CT molecular complexity index is 6760. The van der Waals surface area contributed by atoms with Crippen molar-refractivity contribution in [3.8, 4) is 0 Å². The Balaban J connectivity index is 0.705. The number of carboxylic acids is 2. The van der Waals surface area contributed by atoms with Crippen LogP contribution >= 0.6 is 0 Å². The van der Waals surface area contributed by atoms with E-state index in [1.54, 1.807) is 112 Å². The highest BCUT2D eigenvalue weighted by Gasteiger charge is 2.47. The number of fused-ring (bicyclic) bond motifs is 8. The lowest BCUT2D eigenvalue weighted by Crippen LogP contribution is -2.46. The molecular weight excluding hydrogens is 1920 g/mol. The highest BCUT2D eigenvalue weighted by Crippen LogP contribution is 2.52. The van der Waals surface area contributed by atoms with Gasteiger partial charge in [-0.1, -0.05) is 88.8 Å². The predicted octanol–water partition coefficient (Wildman–Crippen LogP) is 13.0. The molecular formula is C100H130N15O22S5+. The van der Waals surface area contributed by atoms with Crippen molar-refractivity contribution < 1.29 is 104 Å². The lowest BCUT2D eigenvalue weighted by molar-refractivity contribution is -0.437. The standard InChI is InChI=1S/C100H129N15O22S5/c1-65-104-61-73(62-105-65)67(55-92(119)120)27-13-8-10-15-32-80-71(53-69-29-22-46-102-96(69)111-80)59-108-90(117)44-43-89(116)101-45-20-19-34-82(98(123)109-60-72-54-70-30-23-47-103-97(70)112-81(72)33-16-11-9-14-28-68(56-93(121)122)74-63-106-66(2)107-64-74)110-91(118)38-24-48-113(7)140(130,131)85-35-21-31-78-76(85)39-41-83-94(78)99(3,4)87(114(83)49-25-51-138(124,125)126)36-17-12-18-37-88-100(5,6)95-79-57-75(141(132,133)134)58-86(142(135,136)137)77(79)40-42-84(95)115(88)50-26-52-139(127,128)129/h12,17-18,21,31,35-37,39-42,53-54,57-58,61-64,67-68,82H,8-11,13-16,19-20,22-30,32-34,38,43-52,55-56,59-60H2,1-7H3,(H11-,101,102,103,108,109,110,111,112,116,117,118,119,120,121,122,123,124,125,126,127,128,129,132,133,134,135,136,137)/p+1/t67-,68-,82+/m0/s1. The van der Waals surface area contributed by atoms with E-state index in [-0.39, 0.29) is 136 Å². The number of benzene rings is 4. The molecule has 0 bridgehead atoms. The van der Waals surface area contributed by atoms with Crippen LogP contribution in [0.1, 0.15) is 255 Å². The van der Waals surface area contributed by atoms with Crippen LogP contribution in [-0.4, -0.2) is 214 Å². The molecule has 0 radical (unpaired) electrons. The van der Waals surface area contributed by atoms with Gasteiger partial charge < -0.3 is 47.0 Å². The number of aliphatic carboxylic acids is 2. The van der Waals surface area contributed by atoms with Crippen molar-refractivity contribution in [3.05, 3.63) is 195 Å². The van der Waals surface area contributed by atoms with Gasteiger partial charge in [-0.25, -0.2) is 42.6 Å². The van der Waals surface area contributed by atoms with Gasteiger partial charge in [0.2, 0.25) is 39.3 Å².